The highest BCUT2D eigenvalue weighted by Gasteiger charge is 2.27. The van der Waals surface area contributed by atoms with Gasteiger partial charge in [0.1, 0.15) is 5.78 Å². The van der Waals surface area contributed by atoms with Crippen LogP contribution in [0.15, 0.2) is 53.7 Å². The number of thioether (sulfide) groups is 1. The lowest BCUT2D eigenvalue weighted by atomic mass is 9.87. The summed E-state index contributed by atoms with van der Waals surface area (Å²) in [5.74, 6) is 1.15. The minimum absolute atomic E-state index is 0.0261. The van der Waals surface area contributed by atoms with Crippen molar-refractivity contribution in [2.45, 2.75) is 69.2 Å². The first kappa shape index (κ1) is 20.9. The average molecular weight is 420 g/mol. The van der Waals surface area contributed by atoms with Crippen LogP contribution in [0.4, 0.5) is 0 Å². The van der Waals surface area contributed by atoms with Crippen LogP contribution in [0, 0.1) is 6.92 Å². The van der Waals surface area contributed by atoms with Crippen molar-refractivity contribution in [2.24, 2.45) is 0 Å². The third-order valence-electron chi connectivity index (χ3n) is 5.75. The molecule has 3 aromatic rings. The van der Waals surface area contributed by atoms with Crippen molar-refractivity contribution in [2.75, 3.05) is 0 Å². The number of ketones is 1. The van der Waals surface area contributed by atoms with Crippen molar-refractivity contribution >= 4 is 17.5 Å². The molecular formula is C25H29N3OS. The molecule has 4 rings (SSSR count). The molecule has 0 amide bonds. The number of Topliss-reactive ketones (excluding diaryl/α,β-unsaturated/α-hetero) is 1. The summed E-state index contributed by atoms with van der Waals surface area (Å²) < 4.78 is 2.12. The zero-order chi connectivity index (χ0) is 21.3. The van der Waals surface area contributed by atoms with Gasteiger partial charge in [-0.1, -0.05) is 81.4 Å². The van der Waals surface area contributed by atoms with Crippen molar-refractivity contribution in [3.8, 4) is 17.1 Å². The van der Waals surface area contributed by atoms with E-state index >= 15 is 0 Å². The molecule has 0 N–H and O–H groups in total. The topological polar surface area (TPSA) is 47.8 Å². The lowest BCUT2D eigenvalue weighted by molar-refractivity contribution is -0.119. The first-order valence-corrected chi connectivity index (χ1v) is 11.5. The van der Waals surface area contributed by atoms with E-state index in [1.165, 1.54) is 5.56 Å². The van der Waals surface area contributed by atoms with Crippen molar-refractivity contribution in [1.29, 1.82) is 0 Å². The molecule has 1 fully saturated rings. The van der Waals surface area contributed by atoms with E-state index in [2.05, 4.69) is 78.9 Å². The molecule has 1 aliphatic carbocycles. The third kappa shape index (κ3) is 4.22. The molecule has 1 aliphatic rings. The Morgan fingerprint density at radius 2 is 1.73 bits per heavy atom. The van der Waals surface area contributed by atoms with E-state index in [4.69, 9.17) is 0 Å². The SMILES string of the molecule is Cc1ccccc1-n1c(S[C@H]2CCCCC2=O)nnc1-c1ccc(C(C)(C)C)cc1. The van der Waals surface area contributed by atoms with Gasteiger partial charge in [-0.3, -0.25) is 9.36 Å². The summed E-state index contributed by atoms with van der Waals surface area (Å²) >= 11 is 1.57. The molecule has 4 nitrogen and oxygen atoms in total. The van der Waals surface area contributed by atoms with Gasteiger partial charge in [-0.15, -0.1) is 10.2 Å². The Morgan fingerprint density at radius 1 is 1.00 bits per heavy atom. The largest absolute Gasteiger partial charge is 0.298 e. The number of hydrogen-bond donors (Lipinski definition) is 0. The predicted molar refractivity (Wildman–Crippen MR) is 123 cm³/mol. The minimum atomic E-state index is -0.0261. The molecule has 1 aromatic heterocycles. The summed E-state index contributed by atoms with van der Waals surface area (Å²) in [4.78, 5) is 12.4. The Morgan fingerprint density at radius 3 is 2.40 bits per heavy atom. The minimum Gasteiger partial charge on any atom is -0.298 e. The number of aryl methyl sites for hydroxylation is 1. The van der Waals surface area contributed by atoms with Crippen LogP contribution < -0.4 is 0 Å². The monoisotopic (exact) mass is 419 g/mol. The van der Waals surface area contributed by atoms with Crippen LogP contribution in [0.2, 0.25) is 0 Å². The van der Waals surface area contributed by atoms with Crippen molar-refractivity contribution in [3.05, 3.63) is 59.7 Å². The smallest absolute Gasteiger partial charge is 0.196 e. The summed E-state index contributed by atoms with van der Waals surface area (Å²) in [5.41, 5.74) is 4.63. The number of carbonyl (C=O) groups is 1. The van der Waals surface area contributed by atoms with Crippen molar-refractivity contribution in [1.82, 2.24) is 14.8 Å². The summed E-state index contributed by atoms with van der Waals surface area (Å²) in [6.45, 7) is 8.75. The normalized spacial score (nSPS) is 17.3. The van der Waals surface area contributed by atoms with E-state index in [9.17, 15) is 4.79 Å². The van der Waals surface area contributed by atoms with E-state index in [1.54, 1.807) is 11.8 Å². The fourth-order valence-corrected chi connectivity index (χ4v) is 5.05. The average Bonchev–Trinajstić information content (AvgIpc) is 3.13. The van der Waals surface area contributed by atoms with Crippen LogP contribution in [0.25, 0.3) is 17.1 Å². The fourth-order valence-electron chi connectivity index (χ4n) is 3.89. The van der Waals surface area contributed by atoms with Crippen LogP contribution in [0.1, 0.15) is 57.6 Å². The van der Waals surface area contributed by atoms with E-state index in [0.29, 0.717) is 12.2 Å². The Balaban J connectivity index is 1.78. The lowest BCUT2D eigenvalue weighted by Crippen LogP contribution is -2.21. The van der Waals surface area contributed by atoms with E-state index in [1.807, 2.05) is 12.1 Å². The van der Waals surface area contributed by atoms with Crippen LogP contribution in [0.5, 0.6) is 0 Å². The highest BCUT2D eigenvalue weighted by atomic mass is 32.2. The zero-order valence-electron chi connectivity index (χ0n) is 18.2. The van der Waals surface area contributed by atoms with Gasteiger partial charge in [0.2, 0.25) is 0 Å². The molecular weight excluding hydrogens is 390 g/mol. The molecule has 0 spiro atoms. The Bertz CT molecular complexity index is 1050. The van der Waals surface area contributed by atoms with E-state index in [-0.39, 0.29) is 10.7 Å². The molecule has 0 bridgehead atoms. The summed E-state index contributed by atoms with van der Waals surface area (Å²) in [7, 11) is 0. The number of nitrogens with zero attached hydrogens (tertiary/aromatic N) is 3. The van der Waals surface area contributed by atoms with Crippen LogP contribution in [0.3, 0.4) is 0 Å². The fraction of sp³-hybridized carbons (Fsp3) is 0.400. The number of benzene rings is 2. The molecule has 0 aliphatic heterocycles. The second-order valence-electron chi connectivity index (χ2n) is 9.07. The standard InChI is InChI=1S/C25H29N3OS/c1-17-9-5-6-10-20(17)28-23(18-13-15-19(16-14-18)25(2,3)4)26-27-24(28)30-22-12-8-7-11-21(22)29/h5-6,9-10,13-16,22H,7-8,11-12H2,1-4H3/t22-/m0/s1. The highest BCUT2D eigenvalue weighted by Crippen LogP contribution is 2.35. The molecule has 156 valence electrons. The molecule has 1 heterocycles. The highest BCUT2D eigenvalue weighted by molar-refractivity contribution is 8.00. The third-order valence-corrected chi connectivity index (χ3v) is 7.00. The number of carbonyl (C=O) groups excluding carboxylic acids is 1. The van der Waals surface area contributed by atoms with Gasteiger partial charge in [0, 0.05) is 12.0 Å². The quantitative estimate of drug-likeness (QED) is 0.509. The van der Waals surface area contributed by atoms with E-state index in [0.717, 1.165) is 47.1 Å². The van der Waals surface area contributed by atoms with Gasteiger partial charge < -0.3 is 0 Å². The number of aromatic nitrogens is 3. The van der Waals surface area contributed by atoms with Gasteiger partial charge in [0.25, 0.3) is 0 Å². The molecule has 5 heteroatoms. The summed E-state index contributed by atoms with van der Waals surface area (Å²) in [5, 5.41) is 9.87. The van der Waals surface area contributed by atoms with Gasteiger partial charge in [0.15, 0.2) is 11.0 Å². The number of rotatable bonds is 4. The van der Waals surface area contributed by atoms with Crippen molar-refractivity contribution < 1.29 is 4.79 Å². The summed E-state index contributed by atoms with van der Waals surface area (Å²) in [6.07, 6.45) is 3.70. The number of hydrogen-bond acceptors (Lipinski definition) is 4. The maximum Gasteiger partial charge on any atom is 0.196 e. The Labute approximate surface area is 183 Å². The van der Waals surface area contributed by atoms with Crippen LogP contribution in [-0.4, -0.2) is 25.8 Å². The second kappa shape index (κ2) is 8.38. The van der Waals surface area contributed by atoms with Crippen LogP contribution in [-0.2, 0) is 10.2 Å². The zero-order valence-corrected chi connectivity index (χ0v) is 19.0. The number of para-hydroxylation sites is 1. The maximum absolute atomic E-state index is 12.4. The van der Waals surface area contributed by atoms with Gasteiger partial charge in [-0.05, 0) is 42.4 Å². The first-order valence-electron chi connectivity index (χ1n) is 10.7. The van der Waals surface area contributed by atoms with Crippen molar-refractivity contribution in [3.63, 3.8) is 0 Å². The van der Waals surface area contributed by atoms with Gasteiger partial charge in [0.05, 0.1) is 10.9 Å². The molecule has 1 atom stereocenters. The molecule has 1 saturated carbocycles. The van der Waals surface area contributed by atoms with Gasteiger partial charge in [-0.25, -0.2) is 0 Å². The first-order chi connectivity index (χ1) is 14.3. The molecule has 0 radical (unpaired) electrons. The van der Waals surface area contributed by atoms with Gasteiger partial charge in [-0.2, -0.15) is 0 Å². The lowest BCUT2D eigenvalue weighted by Gasteiger charge is -2.21. The van der Waals surface area contributed by atoms with Crippen LogP contribution >= 0.6 is 11.8 Å². The Hall–Kier alpha value is -2.40. The molecule has 0 saturated heterocycles. The Kier molecular flexibility index (Phi) is 5.83. The summed E-state index contributed by atoms with van der Waals surface area (Å²) in [6, 6.07) is 16.9. The maximum atomic E-state index is 12.4. The molecule has 2 aromatic carbocycles. The molecule has 30 heavy (non-hydrogen) atoms. The second-order valence-corrected chi connectivity index (χ2v) is 10.2. The van der Waals surface area contributed by atoms with E-state index < -0.39 is 0 Å². The molecule has 0 unspecified atom stereocenters. The van der Waals surface area contributed by atoms with Gasteiger partial charge >= 0.3 is 0 Å². The predicted octanol–water partition coefficient (Wildman–Crippen LogP) is 6.14.